The van der Waals surface area contributed by atoms with E-state index in [1.165, 1.54) is 0 Å². The van der Waals surface area contributed by atoms with Crippen LogP contribution in [0.15, 0.2) is 36.4 Å². The Morgan fingerprint density at radius 1 is 1.21 bits per heavy atom. The van der Waals surface area contributed by atoms with E-state index in [-0.39, 0.29) is 6.04 Å². The van der Waals surface area contributed by atoms with Crippen molar-refractivity contribution < 1.29 is 4.74 Å². The molecule has 0 radical (unpaired) electrons. The Hall–Kier alpha value is -1.91. The molecule has 0 spiro atoms. The number of aromatic nitrogens is 1. The molecule has 1 aromatic heterocycles. The highest BCUT2D eigenvalue weighted by Gasteiger charge is 2.18. The first-order valence-corrected chi connectivity index (χ1v) is 6.20. The molecule has 3 N–H and O–H groups in total. The Labute approximate surface area is 113 Å². The molecule has 1 heterocycles. The number of rotatable bonds is 4. The predicted molar refractivity (Wildman–Crippen MR) is 75.9 cm³/mol. The van der Waals surface area contributed by atoms with Gasteiger partial charge in [-0.3, -0.25) is 10.8 Å². The highest BCUT2D eigenvalue weighted by Crippen LogP contribution is 2.29. The molecule has 0 aliphatic carbocycles. The van der Waals surface area contributed by atoms with Crippen molar-refractivity contribution >= 4 is 0 Å². The van der Waals surface area contributed by atoms with Gasteiger partial charge in [0.1, 0.15) is 5.75 Å². The first-order valence-electron chi connectivity index (χ1n) is 6.20. The summed E-state index contributed by atoms with van der Waals surface area (Å²) in [6, 6.07) is 11.7. The van der Waals surface area contributed by atoms with E-state index in [1.807, 2.05) is 44.2 Å². The van der Waals surface area contributed by atoms with Crippen LogP contribution in [0.1, 0.15) is 28.6 Å². The zero-order valence-electron chi connectivity index (χ0n) is 11.5. The van der Waals surface area contributed by atoms with Gasteiger partial charge in [-0.2, -0.15) is 0 Å². The van der Waals surface area contributed by atoms with E-state index in [9.17, 15) is 0 Å². The molecule has 0 aliphatic heterocycles. The van der Waals surface area contributed by atoms with E-state index in [2.05, 4.69) is 16.5 Å². The van der Waals surface area contributed by atoms with Crippen molar-refractivity contribution in [3.8, 4) is 5.75 Å². The quantitative estimate of drug-likeness (QED) is 0.651. The highest BCUT2D eigenvalue weighted by atomic mass is 16.5. The van der Waals surface area contributed by atoms with Crippen LogP contribution in [0.3, 0.4) is 0 Å². The summed E-state index contributed by atoms with van der Waals surface area (Å²) in [5.41, 5.74) is 6.81. The average Bonchev–Trinajstić information content (AvgIpc) is 2.40. The van der Waals surface area contributed by atoms with E-state index < -0.39 is 0 Å². The van der Waals surface area contributed by atoms with Crippen molar-refractivity contribution in [1.29, 1.82) is 0 Å². The third kappa shape index (κ3) is 2.92. The third-order valence-corrected chi connectivity index (χ3v) is 3.07. The molecule has 1 atom stereocenters. The van der Waals surface area contributed by atoms with Gasteiger partial charge in [0.25, 0.3) is 0 Å². The summed E-state index contributed by atoms with van der Waals surface area (Å²) in [5.74, 6) is 6.52. The minimum absolute atomic E-state index is 0.185. The van der Waals surface area contributed by atoms with E-state index >= 15 is 0 Å². The van der Waals surface area contributed by atoms with Gasteiger partial charge in [-0.1, -0.05) is 23.8 Å². The molecule has 0 saturated heterocycles. The molecule has 0 aliphatic rings. The summed E-state index contributed by atoms with van der Waals surface area (Å²) < 4.78 is 5.41. The molecule has 1 unspecified atom stereocenters. The van der Waals surface area contributed by atoms with E-state index in [0.29, 0.717) is 0 Å². The minimum atomic E-state index is -0.185. The summed E-state index contributed by atoms with van der Waals surface area (Å²) in [7, 11) is 1.66. The van der Waals surface area contributed by atoms with Gasteiger partial charge in [0.15, 0.2) is 0 Å². The van der Waals surface area contributed by atoms with Crippen LogP contribution in [-0.2, 0) is 0 Å². The standard InChI is InChI=1S/C15H19N3O/c1-10-7-8-14(19-3)12(9-10)15(18-16)13-6-4-5-11(2)17-13/h4-9,15,18H,16H2,1-3H3. The van der Waals surface area contributed by atoms with Crippen LogP contribution in [0.25, 0.3) is 0 Å². The smallest absolute Gasteiger partial charge is 0.124 e. The average molecular weight is 257 g/mol. The second-order valence-electron chi connectivity index (χ2n) is 4.55. The number of hydrazine groups is 1. The van der Waals surface area contributed by atoms with Crippen molar-refractivity contribution in [2.45, 2.75) is 19.9 Å². The molecular weight excluding hydrogens is 238 g/mol. The van der Waals surface area contributed by atoms with Crippen molar-refractivity contribution in [2.24, 2.45) is 5.84 Å². The summed E-state index contributed by atoms with van der Waals surface area (Å²) in [5, 5.41) is 0. The van der Waals surface area contributed by atoms with E-state index in [4.69, 9.17) is 10.6 Å². The number of benzene rings is 1. The van der Waals surface area contributed by atoms with Crippen molar-refractivity contribution in [1.82, 2.24) is 10.4 Å². The van der Waals surface area contributed by atoms with E-state index in [1.54, 1.807) is 7.11 Å². The van der Waals surface area contributed by atoms with Crippen LogP contribution in [0.4, 0.5) is 0 Å². The van der Waals surface area contributed by atoms with E-state index in [0.717, 1.165) is 28.3 Å². The summed E-state index contributed by atoms with van der Waals surface area (Å²) in [4.78, 5) is 4.53. The number of nitrogens with one attached hydrogen (secondary N) is 1. The summed E-state index contributed by atoms with van der Waals surface area (Å²) in [6.45, 7) is 4.00. The van der Waals surface area contributed by atoms with Gasteiger partial charge >= 0.3 is 0 Å². The molecule has 0 bridgehead atoms. The van der Waals surface area contributed by atoms with Crippen LogP contribution in [0, 0.1) is 13.8 Å². The molecule has 0 saturated carbocycles. The maximum atomic E-state index is 5.72. The zero-order valence-corrected chi connectivity index (χ0v) is 11.5. The first kappa shape index (κ1) is 13.5. The fourth-order valence-corrected chi connectivity index (χ4v) is 2.14. The van der Waals surface area contributed by atoms with Crippen molar-refractivity contribution in [3.05, 3.63) is 58.9 Å². The number of hydrogen-bond acceptors (Lipinski definition) is 4. The van der Waals surface area contributed by atoms with Crippen LogP contribution in [-0.4, -0.2) is 12.1 Å². The van der Waals surface area contributed by atoms with Gasteiger partial charge in [-0.15, -0.1) is 0 Å². The number of methoxy groups -OCH3 is 1. The lowest BCUT2D eigenvalue weighted by atomic mass is 10.00. The maximum Gasteiger partial charge on any atom is 0.124 e. The van der Waals surface area contributed by atoms with Crippen molar-refractivity contribution in [3.63, 3.8) is 0 Å². The molecule has 4 nitrogen and oxygen atoms in total. The molecule has 1 aromatic carbocycles. The molecule has 100 valence electrons. The van der Waals surface area contributed by atoms with Gasteiger partial charge in [0.05, 0.1) is 18.8 Å². The number of nitrogens with zero attached hydrogens (tertiary/aromatic N) is 1. The fraction of sp³-hybridized carbons (Fsp3) is 0.267. The number of nitrogens with two attached hydrogens (primary N) is 1. The Bertz CT molecular complexity index is 569. The predicted octanol–water partition coefficient (Wildman–Crippen LogP) is 2.26. The first-order chi connectivity index (χ1) is 9.15. The monoisotopic (exact) mass is 257 g/mol. The largest absolute Gasteiger partial charge is 0.496 e. The Morgan fingerprint density at radius 2 is 2.00 bits per heavy atom. The lowest BCUT2D eigenvalue weighted by Gasteiger charge is -2.19. The second kappa shape index (κ2) is 5.82. The lowest BCUT2D eigenvalue weighted by Crippen LogP contribution is -2.30. The second-order valence-corrected chi connectivity index (χ2v) is 4.55. The topological polar surface area (TPSA) is 60.2 Å². The van der Waals surface area contributed by atoms with Crippen LogP contribution >= 0.6 is 0 Å². The SMILES string of the molecule is COc1ccc(C)cc1C(NN)c1cccc(C)n1. The minimum Gasteiger partial charge on any atom is -0.496 e. The number of ether oxygens (including phenoxy) is 1. The van der Waals surface area contributed by atoms with Gasteiger partial charge in [0.2, 0.25) is 0 Å². The number of pyridine rings is 1. The molecule has 2 rings (SSSR count). The maximum absolute atomic E-state index is 5.72. The highest BCUT2D eigenvalue weighted by molar-refractivity contribution is 5.42. The zero-order chi connectivity index (χ0) is 13.8. The van der Waals surface area contributed by atoms with Crippen LogP contribution in [0.2, 0.25) is 0 Å². The Balaban J connectivity index is 2.50. The number of hydrogen-bond donors (Lipinski definition) is 2. The lowest BCUT2D eigenvalue weighted by molar-refractivity contribution is 0.403. The van der Waals surface area contributed by atoms with Gasteiger partial charge in [0, 0.05) is 11.3 Å². The molecule has 0 amide bonds. The third-order valence-electron chi connectivity index (χ3n) is 3.07. The summed E-state index contributed by atoms with van der Waals surface area (Å²) in [6.07, 6.45) is 0. The van der Waals surface area contributed by atoms with Crippen molar-refractivity contribution in [2.75, 3.05) is 7.11 Å². The van der Waals surface area contributed by atoms with Crippen LogP contribution in [0.5, 0.6) is 5.75 Å². The number of aryl methyl sites for hydroxylation is 2. The molecule has 2 aromatic rings. The molecule has 19 heavy (non-hydrogen) atoms. The molecular formula is C15H19N3O. The summed E-state index contributed by atoms with van der Waals surface area (Å²) >= 11 is 0. The van der Waals surface area contributed by atoms with Gasteiger partial charge in [-0.25, -0.2) is 5.43 Å². The Kier molecular flexibility index (Phi) is 4.14. The normalized spacial score (nSPS) is 12.2. The fourth-order valence-electron chi connectivity index (χ4n) is 2.14. The molecule has 4 heteroatoms. The van der Waals surface area contributed by atoms with Crippen LogP contribution < -0.4 is 16.0 Å². The molecule has 0 fully saturated rings. The van der Waals surface area contributed by atoms with Gasteiger partial charge < -0.3 is 4.74 Å². The Morgan fingerprint density at radius 3 is 2.63 bits per heavy atom. The van der Waals surface area contributed by atoms with Gasteiger partial charge in [-0.05, 0) is 32.0 Å².